The number of hydrogen-bond donors (Lipinski definition) is 1. The van der Waals surface area contributed by atoms with Crippen LogP contribution in [0, 0.1) is 13.8 Å². The highest BCUT2D eigenvalue weighted by molar-refractivity contribution is 5.98. The van der Waals surface area contributed by atoms with E-state index in [0.717, 1.165) is 34.9 Å². The highest BCUT2D eigenvalue weighted by Crippen LogP contribution is 2.37. The highest BCUT2D eigenvalue weighted by Gasteiger charge is 2.26. The summed E-state index contributed by atoms with van der Waals surface area (Å²) in [5, 5.41) is 16.1. The predicted molar refractivity (Wildman–Crippen MR) is 109 cm³/mol. The summed E-state index contributed by atoms with van der Waals surface area (Å²) in [6, 6.07) is 4.24. The number of aromatic amines is 1. The number of ether oxygens (including phenoxy) is 1. The minimum atomic E-state index is 0.227. The molecule has 1 aliphatic rings. The van der Waals surface area contributed by atoms with E-state index < -0.39 is 0 Å². The Morgan fingerprint density at radius 1 is 1.24 bits per heavy atom. The van der Waals surface area contributed by atoms with Gasteiger partial charge in [-0.3, -0.25) is 9.78 Å². The number of aryl methyl sites for hydroxylation is 3. The van der Waals surface area contributed by atoms with Gasteiger partial charge < -0.3 is 14.2 Å². The van der Waals surface area contributed by atoms with Crippen LogP contribution < -0.4 is 4.90 Å². The minimum absolute atomic E-state index is 0.227. The smallest absolute Gasteiger partial charge is 0.195 e. The molecule has 0 aliphatic carbocycles. The zero-order valence-corrected chi connectivity index (χ0v) is 16.9. The maximum Gasteiger partial charge on any atom is 0.195 e. The summed E-state index contributed by atoms with van der Waals surface area (Å²) in [5.41, 5.74) is 6.61. The molecule has 0 amide bonds. The first-order chi connectivity index (χ1) is 14.0. The molecule has 29 heavy (non-hydrogen) atoms. The summed E-state index contributed by atoms with van der Waals surface area (Å²) in [7, 11) is 1.93. The number of H-pyrrole nitrogens is 1. The van der Waals surface area contributed by atoms with Crippen molar-refractivity contribution in [2.45, 2.75) is 26.8 Å². The lowest BCUT2D eigenvalue weighted by Gasteiger charge is -2.34. The molecule has 9 heteroatoms. The average molecular weight is 393 g/mol. The summed E-state index contributed by atoms with van der Waals surface area (Å²) in [4.78, 5) is 7.22. The van der Waals surface area contributed by atoms with Gasteiger partial charge in [0.25, 0.3) is 0 Å². The van der Waals surface area contributed by atoms with Crippen LogP contribution in [-0.4, -0.2) is 55.9 Å². The molecule has 1 atom stereocenters. The maximum absolute atomic E-state index is 5.80. The quantitative estimate of drug-likeness (QED) is 0.571. The van der Waals surface area contributed by atoms with Gasteiger partial charge in [0.15, 0.2) is 11.3 Å². The van der Waals surface area contributed by atoms with Gasteiger partial charge in [-0.2, -0.15) is 10.2 Å². The standard InChI is InChI=1S/C20H23N7O2/c1-11-9-21-26(4)19(11)14-8-16(27-5-6-28-10-13(27)3)22-18-17(25-29-20(14)18)15-7-12(2)23-24-15/h7-9,13H,5-6,10H2,1-4H3,(H,23,24)/t13-/m1/s1. The van der Waals surface area contributed by atoms with E-state index in [1.165, 1.54) is 0 Å². The Morgan fingerprint density at radius 3 is 2.79 bits per heavy atom. The molecule has 0 aromatic carbocycles. The van der Waals surface area contributed by atoms with E-state index >= 15 is 0 Å². The Labute approximate surface area is 167 Å². The van der Waals surface area contributed by atoms with Crippen molar-refractivity contribution in [3.63, 3.8) is 0 Å². The molecule has 4 aromatic heterocycles. The molecule has 150 valence electrons. The van der Waals surface area contributed by atoms with Crippen LogP contribution in [0.1, 0.15) is 18.2 Å². The number of morpholine rings is 1. The van der Waals surface area contributed by atoms with Crippen molar-refractivity contribution in [3.8, 4) is 22.6 Å². The molecule has 5 heterocycles. The van der Waals surface area contributed by atoms with Gasteiger partial charge in [0.05, 0.1) is 36.7 Å². The van der Waals surface area contributed by atoms with E-state index in [1.807, 2.05) is 37.8 Å². The van der Waals surface area contributed by atoms with Gasteiger partial charge >= 0.3 is 0 Å². The lowest BCUT2D eigenvalue weighted by atomic mass is 10.1. The summed E-state index contributed by atoms with van der Waals surface area (Å²) in [6.45, 7) is 8.28. The number of nitrogens with zero attached hydrogens (tertiary/aromatic N) is 6. The number of nitrogens with one attached hydrogen (secondary N) is 1. The fourth-order valence-corrected chi connectivity index (χ4v) is 3.94. The average Bonchev–Trinajstić information content (AvgIpc) is 3.40. The molecule has 0 spiro atoms. The summed E-state index contributed by atoms with van der Waals surface area (Å²) < 4.78 is 13.3. The van der Waals surface area contributed by atoms with E-state index in [9.17, 15) is 0 Å². The van der Waals surface area contributed by atoms with Crippen LogP contribution in [0.5, 0.6) is 0 Å². The molecule has 0 radical (unpaired) electrons. The van der Waals surface area contributed by atoms with E-state index in [-0.39, 0.29) is 6.04 Å². The molecular formula is C20H23N7O2. The largest absolute Gasteiger partial charge is 0.377 e. The van der Waals surface area contributed by atoms with Crippen molar-refractivity contribution in [3.05, 3.63) is 29.6 Å². The van der Waals surface area contributed by atoms with Crippen molar-refractivity contribution in [2.24, 2.45) is 7.05 Å². The number of aromatic nitrogens is 6. The summed E-state index contributed by atoms with van der Waals surface area (Å²) in [5.74, 6) is 0.876. The predicted octanol–water partition coefficient (Wildman–Crippen LogP) is 2.86. The number of fused-ring (bicyclic) bond motifs is 1. The Morgan fingerprint density at radius 2 is 2.10 bits per heavy atom. The van der Waals surface area contributed by atoms with Gasteiger partial charge in [0.1, 0.15) is 17.0 Å². The fraction of sp³-hybridized carbons (Fsp3) is 0.400. The number of rotatable bonds is 3. The van der Waals surface area contributed by atoms with Crippen LogP contribution in [0.15, 0.2) is 22.9 Å². The van der Waals surface area contributed by atoms with Crippen molar-refractivity contribution in [2.75, 3.05) is 24.7 Å². The van der Waals surface area contributed by atoms with Crippen LogP contribution in [0.2, 0.25) is 0 Å². The Hall–Kier alpha value is -3.20. The fourth-order valence-electron chi connectivity index (χ4n) is 3.94. The summed E-state index contributed by atoms with van der Waals surface area (Å²) >= 11 is 0. The third-order valence-corrected chi connectivity index (χ3v) is 5.40. The molecule has 0 saturated carbocycles. The molecule has 0 bridgehead atoms. The lowest BCUT2D eigenvalue weighted by Crippen LogP contribution is -2.44. The second-order valence-corrected chi connectivity index (χ2v) is 7.59. The van der Waals surface area contributed by atoms with Crippen LogP contribution in [-0.2, 0) is 11.8 Å². The van der Waals surface area contributed by atoms with Crippen LogP contribution in [0.4, 0.5) is 5.82 Å². The SMILES string of the molecule is Cc1cc(-c2noc3c(-c4c(C)cnn4C)cc(N4CCOC[C@H]4C)nc23)n[nH]1. The number of anilines is 1. The number of pyridine rings is 1. The molecule has 5 rings (SSSR count). The topological polar surface area (TPSA) is 97.9 Å². The maximum atomic E-state index is 5.80. The van der Waals surface area contributed by atoms with Gasteiger partial charge in [-0.15, -0.1) is 0 Å². The first-order valence-corrected chi connectivity index (χ1v) is 9.69. The second kappa shape index (κ2) is 6.70. The monoisotopic (exact) mass is 393 g/mol. The molecule has 9 nitrogen and oxygen atoms in total. The van der Waals surface area contributed by atoms with Crippen molar-refractivity contribution in [1.29, 1.82) is 0 Å². The molecule has 4 aromatic rings. The number of hydrogen-bond acceptors (Lipinski definition) is 7. The normalized spacial score (nSPS) is 17.4. The lowest BCUT2D eigenvalue weighted by molar-refractivity contribution is 0.0986. The first-order valence-electron chi connectivity index (χ1n) is 9.69. The molecule has 1 fully saturated rings. The van der Waals surface area contributed by atoms with E-state index in [1.54, 1.807) is 0 Å². The third-order valence-electron chi connectivity index (χ3n) is 5.40. The Bertz CT molecular complexity index is 1170. The van der Waals surface area contributed by atoms with Crippen LogP contribution >= 0.6 is 0 Å². The zero-order chi connectivity index (χ0) is 20.1. The van der Waals surface area contributed by atoms with Crippen molar-refractivity contribution in [1.82, 2.24) is 30.1 Å². The first kappa shape index (κ1) is 17.9. The van der Waals surface area contributed by atoms with Crippen molar-refractivity contribution < 1.29 is 9.26 Å². The molecule has 1 aliphatic heterocycles. The van der Waals surface area contributed by atoms with Crippen molar-refractivity contribution >= 4 is 16.9 Å². The third kappa shape index (κ3) is 2.89. The van der Waals surface area contributed by atoms with Gasteiger partial charge in [-0.1, -0.05) is 5.16 Å². The minimum Gasteiger partial charge on any atom is -0.377 e. The van der Waals surface area contributed by atoms with Gasteiger partial charge in [0.2, 0.25) is 0 Å². The molecule has 1 N–H and O–H groups in total. The summed E-state index contributed by atoms with van der Waals surface area (Å²) in [6.07, 6.45) is 1.85. The Kier molecular flexibility index (Phi) is 4.13. The molecule has 0 unspecified atom stereocenters. The van der Waals surface area contributed by atoms with Crippen LogP contribution in [0.3, 0.4) is 0 Å². The van der Waals surface area contributed by atoms with Gasteiger partial charge in [-0.25, -0.2) is 4.98 Å². The second-order valence-electron chi connectivity index (χ2n) is 7.59. The van der Waals surface area contributed by atoms with Gasteiger partial charge in [0, 0.05) is 19.3 Å². The van der Waals surface area contributed by atoms with Crippen LogP contribution in [0.25, 0.3) is 33.7 Å². The van der Waals surface area contributed by atoms with Gasteiger partial charge in [-0.05, 0) is 38.5 Å². The van der Waals surface area contributed by atoms with E-state index in [0.29, 0.717) is 35.7 Å². The van der Waals surface area contributed by atoms with E-state index in [4.69, 9.17) is 14.2 Å². The molecule has 1 saturated heterocycles. The van der Waals surface area contributed by atoms with E-state index in [2.05, 4.69) is 38.3 Å². The zero-order valence-electron chi connectivity index (χ0n) is 16.9. The molecular weight excluding hydrogens is 370 g/mol. The highest BCUT2D eigenvalue weighted by atomic mass is 16.5. The Balaban J connectivity index is 1.77.